The summed E-state index contributed by atoms with van der Waals surface area (Å²) in [6.45, 7) is 5.50. The molecule has 2 N–H and O–H groups in total. The highest BCUT2D eigenvalue weighted by Gasteiger charge is 2.28. The van der Waals surface area contributed by atoms with E-state index in [4.69, 9.17) is 4.42 Å². The first-order chi connectivity index (χ1) is 13.9. The molecule has 1 aromatic carbocycles. The molecule has 7 heteroatoms. The average Bonchev–Trinajstić information content (AvgIpc) is 3.27. The van der Waals surface area contributed by atoms with E-state index in [9.17, 15) is 14.4 Å². The maximum atomic E-state index is 12.4. The lowest BCUT2D eigenvalue weighted by atomic mass is 9.95. The third kappa shape index (κ3) is 5.47. The van der Waals surface area contributed by atoms with Gasteiger partial charge >= 0.3 is 0 Å². The number of benzene rings is 1. The molecular formula is C22H27N3O4. The first-order valence-electron chi connectivity index (χ1n) is 9.94. The van der Waals surface area contributed by atoms with Crippen LogP contribution in [0.5, 0.6) is 0 Å². The molecule has 1 aromatic heterocycles. The molecule has 3 amide bonds. The summed E-state index contributed by atoms with van der Waals surface area (Å²) in [6.07, 6.45) is 2.84. The highest BCUT2D eigenvalue weighted by atomic mass is 16.3. The molecule has 0 spiro atoms. The molecule has 0 atom stereocenters. The summed E-state index contributed by atoms with van der Waals surface area (Å²) >= 11 is 0. The van der Waals surface area contributed by atoms with Crippen LogP contribution in [0.25, 0.3) is 0 Å². The molecule has 2 heterocycles. The van der Waals surface area contributed by atoms with Crippen molar-refractivity contribution in [1.29, 1.82) is 0 Å². The van der Waals surface area contributed by atoms with E-state index in [2.05, 4.69) is 10.6 Å². The number of rotatable bonds is 6. The van der Waals surface area contributed by atoms with Gasteiger partial charge in [0, 0.05) is 37.2 Å². The first kappa shape index (κ1) is 20.6. The van der Waals surface area contributed by atoms with Crippen LogP contribution >= 0.6 is 0 Å². The standard InChI is InChI=1S/C22H27N3O4/c1-15(2)22(28)25-11-9-17(10-12-25)20(26)23-14-16-5-7-18(8-6-16)24-21(27)19-4-3-13-29-19/h3-8,13,15,17H,9-12,14H2,1-2H3,(H,23,26)(H,24,27). The molecule has 0 bridgehead atoms. The Morgan fingerprint density at radius 3 is 2.38 bits per heavy atom. The van der Waals surface area contributed by atoms with Gasteiger partial charge in [0.1, 0.15) is 0 Å². The Kier molecular flexibility index (Phi) is 6.69. The van der Waals surface area contributed by atoms with Gasteiger partial charge in [-0.2, -0.15) is 0 Å². The third-order valence-electron chi connectivity index (χ3n) is 5.09. The van der Waals surface area contributed by atoms with Gasteiger partial charge in [0.25, 0.3) is 5.91 Å². The zero-order valence-electron chi connectivity index (χ0n) is 16.8. The van der Waals surface area contributed by atoms with Crippen LogP contribution in [-0.2, 0) is 16.1 Å². The van der Waals surface area contributed by atoms with Crippen molar-refractivity contribution in [2.75, 3.05) is 18.4 Å². The third-order valence-corrected chi connectivity index (χ3v) is 5.09. The number of piperidine rings is 1. The van der Waals surface area contributed by atoms with Crippen molar-refractivity contribution >= 4 is 23.4 Å². The Morgan fingerprint density at radius 2 is 1.79 bits per heavy atom. The maximum Gasteiger partial charge on any atom is 0.291 e. The van der Waals surface area contributed by atoms with Crippen molar-refractivity contribution in [3.63, 3.8) is 0 Å². The van der Waals surface area contributed by atoms with Crippen molar-refractivity contribution in [3.8, 4) is 0 Å². The van der Waals surface area contributed by atoms with Crippen LogP contribution in [0.3, 0.4) is 0 Å². The molecule has 2 aromatic rings. The van der Waals surface area contributed by atoms with E-state index < -0.39 is 0 Å². The number of nitrogens with zero attached hydrogens (tertiary/aromatic N) is 1. The summed E-state index contributed by atoms with van der Waals surface area (Å²) in [6, 6.07) is 10.6. The highest BCUT2D eigenvalue weighted by molar-refractivity contribution is 6.02. The van der Waals surface area contributed by atoms with Gasteiger partial charge in [0.05, 0.1) is 6.26 Å². The largest absolute Gasteiger partial charge is 0.459 e. The SMILES string of the molecule is CC(C)C(=O)N1CCC(C(=O)NCc2ccc(NC(=O)c3ccco3)cc2)CC1. The Morgan fingerprint density at radius 1 is 1.10 bits per heavy atom. The molecule has 0 aliphatic carbocycles. The minimum atomic E-state index is -0.307. The van der Waals surface area contributed by atoms with Gasteiger partial charge < -0.3 is 20.0 Å². The summed E-state index contributed by atoms with van der Waals surface area (Å²) in [5, 5.41) is 5.73. The number of anilines is 1. The predicted octanol–water partition coefficient (Wildman–Crippen LogP) is 3.04. The number of likely N-dealkylation sites (tertiary alicyclic amines) is 1. The van der Waals surface area contributed by atoms with Crippen molar-refractivity contribution in [3.05, 3.63) is 54.0 Å². The number of hydrogen-bond donors (Lipinski definition) is 2. The molecule has 3 rings (SSSR count). The van der Waals surface area contributed by atoms with E-state index >= 15 is 0 Å². The number of amides is 3. The lowest BCUT2D eigenvalue weighted by Gasteiger charge is -2.32. The minimum Gasteiger partial charge on any atom is -0.459 e. The number of hydrogen-bond acceptors (Lipinski definition) is 4. The van der Waals surface area contributed by atoms with E-state index in [1.54, 1.807) is 24.3 Å². The van der Waals surface area contributed by atoms with Gasteiger partial charge in [-0.05, 0) is 42.7 Å². The quantitative estimate of drug-likeness (QED) is 0.784. The second kappa shape index (κ2) is 9.41. The summed E-state index contributed by atoms with van der Waals surface area (Å²) in [5.74, 6) is 0.0611. The highest BCUT2D eigenvalue weighted by Crippen LogP contribution is 2.19. The van der Waals surface area contributed by atoms with Crippen LogP contribution in [0.1, 0.15) is 42.8 Å². The molecule has 7 nitrogen and oxygen atoms in total. The van der Waals surface area contributed by atoms with Crippen molar-refractivity contribution in [2.24, 2.45) is 11.8 Å². The number of carbonyl (C=O) groups is 3. The topological polar surface area (TPSA) is 91.7 Å². The van der Waals surface area contributed by atoms with Gasteiger partial charge in [-0.1, -0.05) is 26.0 Å². The van der Waals surface area contributed by atoms with Gasteiger partial charge in [0.15, 0.2) is 5.76 Å². The van der Waals surface area contributed by atoms with E-state index in [0.717, 1.165) is 5.56 Å². The lowest BCUT2D eigenvalue weighted by molar-refractivity contribution is -0.138. The van der Waals surface area contributed by atoms with Crippen LogP contribution in [0, 0.1) is 11.8 Å². The van der Waals surface area contributed by atoms with E-state index in [1.165, 1.54) is 6.26 Å². The Hall–Kier alpha value is -3.09. The molecule has 1 aliphatic heterocycles. The summed E-state index contributed by atoms with van der Waals surface area (Å²) in [4.78, 5) is 38.3. The van der Waals surface area contributed by atoms with Crippen molar-refractivity contribution < 1.29 is 18.8 Å². The van der Waals surface area contributed by atoms with Gasteiger partial charge in [0.2, 0.25) is 11.8 Å². The molecule has 0 radical (unpaired) electrons. The monoisotopic (exact) mass is 397 g/mol. The Balaban J connectivity index is 1.43. The van der Waals surface area contributed by atoms with Crippen LogP contribution in [0.15, 0.2) is 47.1 Å². The summed E-state index contributed by atoms with van der Waals surface area (Å²) < 4.78 is 5.06. The molecule has 1 fully saturated rings. The van der Waals surface area contributed by atoms with Gasteiger partial charge in [-0.25, -0.2) is 0 Å². The normalized spacial score (nSPS) is 14.7. The first-order valence-corrected chi connectivity index (χ1v) is 9.94. The van der Waals surface area contributed by atoms with Crippen LogP contribution in [0.4, 0.5) is 5.69 Å². The molecule has 0 saturated carbocycles. The summed E-state index contributed by atoms with van der Waals surface area (Å²) in [5.41, 5.74) is 1.60. The van der Waals surface area contributed by atoms with Crippen LogP contribution < -0.4 is 10.6 Å². The molecule has 29 heavy (non-hydrogen) atoms. The predicted molar refractivity (Wildman–Crippen MR) is 109 cm³/mol. The summed E-state index contributed by atoms with van der Waals surface area (Å²) in [7, 11) is 0. The molecule has 1 saturated heterocycles. The average molecular weight is 397 g/mol. The Bertz CT molecular complexity index is 835. The zero-order chi connectivity index (χ0) is 20.8. The number of carbonyl (C=O) groups excluding carboxylic acids is 3. The molecule has 154 valence electrons. The Labute approximate surface area is 170 Å². The van der Waals surface area contributed by atoms with Gasteiger partial charge in [-0.3, -0.25) is 14.4 Å². The number of furan rings is 1. The second-order valence-corrected chi connectivity index (χ2v) is 7.60. The van der Waals surface area contributed by atoms with Crippen LogP contribution in [-0.4, -0.2) is 35.7 Å². The van der Waals surface area contributed by atoms with E-state index in [-0.39, 0.29) is 35.3 Å². The van der Waals surface area contributed by atoms with E-state index in [0.29, 0.717) is 38.2 Å². The molecule has 0 unspecified atom stereocenters. The molecule has 1 aliphatic rings. The van der Waals surface area contributed by atoms with Crippen LogP contribution in [0.2, 0.25) is 0 Å². The maximum absolute atomic E-state index is 12.4. The fraction of sp³-hybridized carbons (Fsp3) is 0.409. The van der Waals surface area contributed by atoms with Crippen molar-refractivity contribution in [1.82, 2.24) is 10.2 Å². The van der Waals surface area contributed by atoms with Gasteiger partial charge in [-0.15, -0.1) is 0 Å². The lowest BCUT2D eigenvalue weighted by Crippen LogP contribution is -2.44. The zero-order valence-corrected chi connectivity index (χ0v) is 16.8. The minimum absolute atomic E-state index is 0.00721. The fourth-order valence-corrected chi connectivity index (χ4v) is 3.37. The van der Waals surface area contributed by atoms with E-state index in [1.807, 2.05) is 30.9 Å². The second-order valence-electron chi connectivity index (χ2n) is 7.60. The number of nitrogens with one attached hydrogen (secondary N) is 2. The smallest absolute Gasteiger partial charge is 0.291 e. The molecular weight excluding hydrogens is 370 g/mol. The fourth-order valence-electron chi connectivity index (χ4n) is 3.37. The van der Waals surface area contributed by atoms with Crippen molar-refractivity contribution in [2.45, 2.75) is 33.2 Å².